The van der Waals surface area contributed by atoms with Gasteiger partial charge in [-0.05, 0) is 43.2 Å². The number of carbonyl (C=O) groups excluding carboxylic acids is 1. The molecule has 28 heavy (non-hydrogen) atoms. The maximum Gasteiger partial charge on any atom is 0.229 e. The molecule has 0 aliphatic carbocycles. The summed E-state index contributed by atoms with van der Waals surface area (Å²) in [5.74, 6) is 0.805. The number of nitrogens with zero attached hydrogens (tertiary/aromatic N) is 3. The van der Waals surface area contributed by atoms with E-state index in [9.17, 15) is 4.79 Å². The van der Waals surface area contributed by atoms with Gasteiger partial charge in [0.1, 0.15) is 0 Å². The molecular formula is C22H21BrN4O. The van der Waals surface area contributed by atoms with E-state index in [0.717, 1.165) is 46.6 Å². The van der Waals surface area contributed by atoms with Crippen LogP contribution in [-0.4, -0.2) is 29.2 Å². The predicted molar refractivity (Wildman–Crippen MR) is 115 cm³/mol. The van der Waals surface area contributed by atoms with Gasteiger partial charge < -0.3 is 10.2 Å². The Bertz CT molecular complexity index is 946. The molecule has 0 saturated carbocycles. The molecule has 2 aromatic carbocycles. The zero-order valence-electron chi connectivity index (χ0n) is 15.4. The molecule has 142 valence electrons. The van der Waals surface area contributed by atoms with Gasteiger partial charge in [-0.3, -0.25) is 4.79 Å². The average Bonchev–Trinajstić information content (AvgIpc) is 2.75. The lowest BCUT2D eigenvalue weighted by Crippen LogP contribution is -2.41. The lowest BCUT2D eigenvalue weighted by molar-refractivity contribution is -0.120. The molecule has 1 aliphatic heterocycles. The van der Waals surface area contributed by atoms with E-state index in [1.807, 2.05) is 66.7 Å². The number of benzene rings is 2. The molecule has 6 heteroatoms. The van der Waals surface area contributed by atoms with Crippen molar-refractivity contribution in [1.82, 2.24) is 10.2 Å². The molecule has 2 heterocycles. The highest BCUT2D eigenvalue weighted by Gasteiger charge is 2.26. The highest BCUT2D eigenvalue weighted by atomic mass is 79.9. The Morgan fingerprint density at radius 1 is 1.04 bits per heavy atom. The second kappa shape index (κ2) is 8.52. The molecule has 1 aliphatic rings. The second-order valence-corrected chi connectivity index (χ2v) is 7.84. The third-order valence-corrected chi connectivity index (χ3v) is 5.42. The zero-order valence-corrected chi connectivity index (χ0v) is 17.0. The van der Waals surface area contributed by atoms with E-state index in [2.05, 4.69) is 36.3 Å². The van der Waals surface area contributed by atoms with Crippen LogP contribution < -0.4 is 10.2 Å². The molecule has 4 rings (SSSR count). The minimum atomic E-state index is -0.0664. The Morgan fingerprint density at radius 3 is 2.64 bits per heavy atom. The molecule has 1 fully saturated rings. The summed E-state index contributed by atoms with van der Waals surface area (Å²) in [5, 5.41) is 11.8. The summed E-state index contributed by atoms with van der Waals surface area (Å²) in [7, 11) is 0. The molecule has 0 radical (unpaired) electrons. The van der Waals surface area contributed by atoms with Gasteiger partial charge >= 0.3 is 0 Å². The minimum Gasteiger partial charge on any atom is -0.354 e. The number of amides is 1. The van der Waals surface area contributed by atoms with Crippen LogP contribution in [0.2, 0.25) is 0 Å². The van der Waals surface area contributed by atoms with Crippen molar-refractivity contribution in [2.24, 2.45) is 5.92 Å². The molecule has 1 aromatic heterocycles. The van der Waals surface area contributed by atoms with Gasteiger partial charge in [-0.15, -0.1) is 10.2 Å². The standard InChI is InChI=1S/C22H21BrN4O/c23-18-9-4-10-19(14-18)24-22(28)17-8-5-13-27(15-17)21-12-11-20(25-26-21)16-6-2-1-3-7-16/h1-4,6-7,9-12,14,17H,5,8,13,15H2,(H,24,28). The van der Waals surface area contributed by atoms with Gasteiger partial charge in [0.2, 0.25) is 5.91 Å². The number of hydrogen-bond acceptors (Lipinski definition) is 4. The fourth-order valence-electron chi connectivity index (χ4n) is 3.47. The summed E-state index contributed by atoms with van der Waals surface area (Å²) in [5.41, 5.74) is 2.71. The van der Waals surface area contributed by atoms with Gasteiger partial charge in [0.25, 0.3) is 0 Å². The SMILES string of the molecule is O=C(Nc1cccc(Br)c1)C1CCCN(c2ccc(-c3ccccc3)nn2)C1. The van der Waals surface area contributed by atoms with Crippen molar-refractivity contribution in [3.63, 3.8) is 0 Å². The van der Waals surface area contributed by atoms with Crippen molar-refractivity contribution in [3.8, 4) is 11.3 Å². The van der Waals surface area contributed by atoms with E-state index in [1.54, 1.807) is 0 Å². The fraction of sp³-hybridized carbons (Fsp3) is 0.227. The molecular weight excluding hydrogens is 416 g/mol. The number of aromatic nitrogens is 2. The quantitative estimate of drug-likeness (QED) is 0.640. The second-order valence-electron chi connectivity index (χ2n) is 6.93. The predicted octanol–water partition coefficient (Wildman–Crippen LogP) is 4.76. The number of anilines is 2. The Kier molecular flexibility index (Phi) is 5.67. The molecule has 5 nitrogen and oxygen atoms in total. The average molecular weight is 437 g/mol. The first-order chi connectivity index (χ1) is 13.7. The topological polar surface area (TPSA) is 58.1 Å². The third-order valence-electron chi connectivity index (χ3n) is 4.93. The van der Waals surface area contributed by atoms with Crippen molar-refractivity contribution in [1.29, 1.82) is 0 Å². The molecule has 1 unspecified atom stereocenters. The van der Waals surface area contributed by atoms with E-state index in [1.165, 1.54) is 0 Å². The van der Waals surface area contributed by atoms with Crippen LogP contribution in [0.1, 0.15) is 12.8 Å². The first-order valence-electron chi connectivity index (χ1n) is 9.39. The van der Waals surface area contributed by atoms with Crippen LogP contribution >= 0.6 is 15.9 Å². The molecule has 0 spiro atoms. The number of nitrogens with one attached hydrogen (secondary N) is 1. The maximum absolute atomic E-state index is 12.7. The largest absolute Gasteiger partial charge is 0.354 e. The highest BCUT2D eigenvalue weighted by molar-refractivity contribution is 9.10. The van der Waals surface area contributed by atoms with Crippen LogP contribution in [0.25, 0.3) is 11.3 Å². The van der Waals surface area contributed by atoms with Crippen LogP contribution in [0.3, 0.4) is 0 Å². The summed E-state index contributed by atoms with van der Waals surface area (Å²) >= 11 is 3.44. The minimum absolute atomic E-state index is 0.0525. The summed E-state index contributed by atoms with van der Waals surface area (Å²) < 4.78 is 0.948. The van der Waals surface area contributed by atoms with Crippen LogP contribution in [0.5, 0.6) is 0 Å². The van der Waals surface area contributed by atoms with Gasteiger partial charge in [0.15, 0.2) is 5.82 Å². The number of hydrogen-bond donors (Lipinski definition) is 1. The van der Waals surface area contributed by atoms with Crippen LogP contribution in [0, 0.1) is 5.92 Å². The smallest absolute Gasteiger partial charge is 0.229 e. The third kappa shape index (κ3) is 4.39. The molecule has 1 atom stereocenters. The van der Waals surface area contributed by atoms with Crippen molar-refractivity contribution in [3.05, 3.63) is 71.2 Å². The highest BCUT2D eigenvalue weighted by Crippen LogP contribution is 2.25. The lowest BCUT2D eigenvalue weighted by Gasteiger charge is -2.32. The Morgan fingerprint density at radius 2 is 1.89 bits per heavy atom. The van der Waals surface area contributed by atoms with Gasteiger partial charge in [0, 0.05) is 28.8 Å². The monoisotopic (exact) mass is 436 g/mol. The first kappa shape index (κ1) is 18.6. The van der Waals surface area contributed by atoms with E-state index in [0.29, 0.717) is 6.54 Å². The Labute approximate surface area is 172 Å². The first-order valence-corrected chi connectivity index (χ1v) is 10.2. The van der Waals surface area contributed by atoms with Gasteiger partial charge in [-0.2, -0.15) is 0 Å². The lowest BCUT2D eigenvalue weighted by atomic mass is 9.97. The fourth-order valence-corrected chi connectivity index (χ4v) is 3.87. The summed E-state index contributed by atoms with van der Waals surface area (Å²) in [6.07, 6.45) is 1.84. The molecule has 1 saturated heterocycles. The number of rotatable bonds is 4. The Balaban J connectivity index is 1.42. The van der Waals surface area contributed by atoms with Crippen molar-refractivity contribution >= 4 is 33.3 Å². The van der Waals surface area contributed by atoms with Gasteiger partial charge in [-0.25, -0.2) is 0 Å². The van der Waals surface area contributed by atoms with Crippen LogP contribution in [-0.2, 0) is 4.79 Å². The van der Waals surface area contributed by atoms with E-state index in [-0.39, 0.29) is 11.8 Å². The van der Waals surface area contributed by atoms with Crippen LogP contribution in [0.4, 0.5) is 11.5 Å². The van der Waals surface area contributed by atoms with Gasteiger partial charge in [-0.1, -0.05) is 52.3 Å². The summed E-state index contributed by atoms with van der Waals surface area (Å²) in [4.78, 5) is 14.9. The molecule has 1 amide bonds. The number of carbonyl (C=O) groups is 1. The normalized spacial score (nSPS) is 16.6. The summed E-state index contributed by atoms with van der Waals surface area (Å²) in [6, 6.07) is 21.6. The van der Waals surface area contributed by atoms with E-state index >= 15 is 0 Å². The van der Waals surface area contributed by atoms with E-state index in [4.69, 9.17) is 0 Å². The maximum atomic E-state index is 12.7. The Hall–Kier alpha value is -2.73. The zero-order chi connectivity index (χ0) is 19.3. The van der Waals surface area contributed by atoms with Crippen molar-refractivity contribution in [2.45, 2.75) is 12.8 Å². The number of halogens is 1. The molecule has 3 aromatic rings. The number of piperidine rings is 1. The van der Waals surface area contributed by atoms with Crippen molar-refractivity contribution < 1.29 is 4.79 Å². The van der Waals surface area contributed by atoms with Gasteiger partial charge in [0.05, 0.1) is 11.6 Å². The molecule has 1 N–H and O–H groups in total. The van der Waals surface area contributed by atoms with E-state index < -0.39 is 0 Å². The molecule has 0 bridgehead atoms. The van der Waals surface area contributed by atoms with Crippen molar-refractivity contribution in [2.75, 3.05) is 23.3 Å². The summed E-state index contributed by atoms with van der Waals surface area (Å²) in [6.45, 7) is 1.54. The van der Waals surface area contributed by atoms with Crippen LogP contribution in [0.15, 0.2) is 71.2 Å².